The van der Waals surface area contributed by atoms with Crippen LogP contribution in [0.15, 0.2) is 0 Å². The number of aliphatic carboxylic acids is 1. The summed E-state index contributed by atoms with van der Waals surface area (Å²) in [7, 11) is 0. The summed E-state index contributed by atoms with van der Waals surface area (Å²) in [5.41, 5.74) is 4.73. The Labute approximate surface area is 77.1 Å². The van der Waals surface area contributed by atoms with E-state index in [9.17, 15) is 4.79 Å². The van der Waals surface area contributed by atoms with Gasteiger partial charge in [-0.15, -0.1) is 0 Å². The molecular weight excluding hydrogens is 170 g/mol. The summed E-state index contributed by atoms with van der Waals surface area (Å²) in [6.45, 7) is 1.59. The number of rotatable bonds is 2. The Morgan fingerprint density at radius 1 is 1.62 bits per heavy atom. The van der Waals surface area contributed by atoms with Crippen molar-refractivity contribution in [3.63, 3.8) is 0 Å². The van der Waals surface area contributed by atoms with Crippen molar-refractivity contribution in [3.8, 4) is 0 Å². The van der Waals surface area contributed by atoms with Gasteiger partial charge in [-0.3, -0.25) is 4.79 Å². The Hall–Kier alpha value is -0.610. The van der Waals surface area contributed by atoms with Crippen molar-refractivity contribution >= 4 is 5.97 Å². The van der Waals surface area contributed by atoms with Crippen LogP contribution in [0.5, 0.6) is 0 Å². The standard InChI is InChI=1S/C9H15NO3/c10-5-9(7(11)12)4-8(9)2-1-3-13-6-8/h1-6,10H2,(H,11,12). The number of ether oxygens (including phenoxy) is 1. The average molecular weight is 185 g/mol. The van der Waals surface area contributed by atoms with Gasteiger partial charge in [-0.1, -0.05) is 0 Å². The summed E-state index contributed by atoms with van der Waals surface area (Å²) in [5, 5.41) is 9.09. The van der Waals surface area contributed by atoms with E-state index in [1.54, 1.807) is 0 Å². The molecule has 1 saturated heterocycles. The van der Waals surface area contributed by atoms with E-state index >= 15 is 0 Å². The van der Waals surface area contributed by atoms with Crippen LogP contribution in [0.1, 0.15) is 19.3 Å². The maximum Gasteiger partial charge on any atom is 0.311 e. The van der Waals surface area contributed by atoms with Crippen LogP contribution in [-0.2, 0) is 9.53 Å². The van der Waals surface area contributed by atoms with Gasteiger partial charge in [0, 0.05) is 18.6 Å². The monoisotopic (exact) mass is 185 g/mol. The lowest BCUT2D eigenvalue weighted by Gasteiger charge is -2.26. The molecule has 0 amide bonds. The van der Waals surface area contributed by atoms with E-state index in [2.05, 4.69) is 0 Å². The van der Waals surface area contributed by atoms with Crippen LogP contribution in [-0.4, -0.2) is 30.8 Å². The van der Waals surface area contributed by atoms with Gasteiger partial charge in [-0.05, 0) is 19.3 Å². The highest BCUT2D eigenvalue weighted by Gasteiger charge is 2.71. The van der Waals surface area contributed by atoms with Gasteiger partial charge >= 0.3 is 5.97 Å². The number of hydrogen-bond donors (Lipinski definition) is 2. The molecule has 0 bridgehead atoms. The van der Waals surface area contributed by atoms with E-state index in [4.69, 9.17) is 15.6 Å². The summed E-state index contributed by atoms with van der Waals surface area (Å²) in [5.74, 6) is -0.750. The van der Waals surface area contributed by atoms with Gasteiger partial charge in [0.2, 0.25) is 0 Å². The molecular formula is C9H15NO3. The fourth-order valence-corrected chi connectivity index (χ4v) is 2.58. The quantitative estimate of drug-likeness (QED) is 0.645. The average Bonchev–Trinajstić information content (AvgIpc) is 2.76. The third-order valence-electron chi connectivity index (χ3n) is 3.61. The molecule has 2 unspecified atom stereocenters. The van der Waals surface area contributed by atoms with Crippen molar-refractivity contribution < 1.29 is 14.6 Å². The van der Waals surface area contributed by atoms with Crippen molar-refractivity contribution in [1.29, 1.82) is 0 Å². The molecule has 0 aromatic rings. The maximum atomic E-state index is 11.1. The molecule has 74 valence electrons. The molecule has 0 aromatic carbocycles. The number of nitrogens with two attached hydrogens (primary N) is 1. The largest absolute Gasteiger partial charge is 0.481 e. The van der Waals surface area contributed by atoms with E-state index < -0.39 is 11.4 Å². The van der Waals surface area contributed by atoms with Gasteiger partial charge in [0.1, 0.15) is 0 Å². The third-order valence-corrected chi connectivity index (χ3v) is 3.61. The second-order valence-electron chi connectivity index (χ2n) is 4.20. The summed E-state index contributed by atoms with van der Waals surface area (Å²) < 4.78 is 5.34. The van der Waals surface area contributed by atoms with Gasteiger partial charge in [0.05, 0.1) is 12.0 Å². The van der Waals surface area contributed by atoms with E-state index in [-0.39, 0.29) is 12.0 Å². The fraction of sp³-hybridized carbons (Fsp3) is 0.889. The summed E-state index contributed by atoms with van der Waals surface area (Å²) >= 11 is 0. The molecule has 0 aromatic heterocycles. The first-order chi connectivity index (χ1) is 6.17. The second kappa shape index (κ2) is 2.69. The highest BCUT2D eigenvalue weighted by Crippen LogP contribution is 2.67. The topological polar surface area (TPSA) is 72.6 Å². The van der Waals surface area contributed by atoms with Crippen LogP contribution in [0.25, 0.3) is 0 Å². The van der Waals surface area contributed by atoms with Gasteiger partial charge in [-0.25, -0.2) is 0 Å². The Balaban J connectivity index is 2.15. The molecule has 1 aliphatic carbocycles. The Kier molecular flexibility index (Phi) is 1.85. The van der Waals surface area contributed by atoms with Crippen LogP contribution < -0.4 is 5.73 Å². The minimum absolute atomic E-state index is 0.133. The Morgan fingerprint density at radius 2 is 2.38 bits per heavy atom. The minimum Gasteiger partial charge on any atom is -0.481 e. The highest BCUT2D eigenvalue weighted by molar-refractivity contribution is 5.80. The summed E-state index contributed by atoms with van der Waals surface area (Å²) in [6.07, 6.45) is 2.62. The molecule has 2 rings (SSSR count). The Morgan fingerprint density at radius 3 is 2.77 bits per heavy atom. The zero-order valence-electron chi connectivity index (χ0n) is 7.58. The van der Waals surface area contributed by atoms with Crippen LogP contribution in [0.2, 0.25) is 0 Å². The summed E-state index contributed by atoms with van der Waals surface area (Å²) in [4.78, 5) is 11.1. The third kappa shape index (κ3) is 1.02. The highest BCUT2D eigenvalue weighted by atomic mass is 16.5. The predicted octanol–water partition coefficient (Wildman–Crippen LogP) is 0.217. The van der Waals surface area contributed by atoms with Gasteiger partial charge in [-0.2, -0.15) is 0 Å². The molecule has 1 saturated carbocycles. The first-order valence-electron chi connectivity index (χ1n) is 4.68. The lowest BCUT2D eigenvalue weighted by molar-refractivity contribution is -0.146. The first-order valence-corrected chi connectivity index (χ1v) is 4.68. The summed E-state index contributed by atoms with van der Waals surface area (Å²) in [6, 6.07) is 0. The smallest absolute Gasteiger partial charge is 0.311 e. The van der Waals surface area contributed by atoms with Crippen molar-refractivity contribution in [2.24, 2.45) is 16.6 Å². The molecule has 1 heterocycles. The number of carboxylic acids is 1. The van der Waals surface area contributed by atoms with Gasteiger partial charge in [0.25, 0.3) is 0 Å². The van der Waals surface area contributed by atoms with E-state index in [0.717, 1.165) is 19.4 Å². The lowest BCUT2D eigenvalue weighted by atomic mass is 9.88. The predicted molar refractivity (Wildman–Crippen MR) is 46.2 cm³/mol. The molecule has 2 fully saturated rings. The maximum absolute atomic E-state index is 11.1. The molecule has 4 nitrogen and oxygen atoms in total. The number of carboxylic acid groups (broad SMARTS) is 1. The van der Waals surface area contributed by atoms with Crippen LogP contribution in [0.4, 0.5) is 0 Å². The van der Waals surface area contributed by atoms with Crippen molar-refractivity contribution in [1.82, 2.24) is 0 Å². The zero-order chi connectivity index (χ0) is 9.53. The van der Waals surface area contributed by atoms with Gasteiger partial charge < -0.3 is 15.6 Å². The number of hydrogen-bond acceptors (Lipinski definition) is 3. The molecule has 2 aliphatic rings. The molecule has 1 aliphatic heterocycles. The van der Waals surface area contributed by atoms with E-state index in [0.29, 0.717) is 13.0 Å². The lowest BCUT2D eigenvalue weighted by Crippen LogP contribution is -2.35. The molecule has 4 heteroatoms. The first kappa shape index (κ1) is 8.97. The molecule has 0 radical (unpaired) electrons. The van der Waals surface area contributed by atoms with Crippen molar-refractivity contribution in [3.05, 3.63) is 0 Å². The molecule has 1 spiro atoms. The SMILES string of the molecule is NCC1(C(=O)O)CC12CCCOC2. The normalized spacial score (nSPS) is 43.5. The van der Waals surface area contributed by atoms with Crippen molar-refractivity contribution in [2.45, 2.75) is 19.3 Å². The molecule has 13 heavy (non-hydrogen) atoms. The van der Waals surface area contributed by atoms with E-state index in [1.165, 1.54) is 0 Å². The van der Waals surface area contributed by atoms with E-state index in [1.807, 2.05) is 0 Å². The molecule has 2 atom stereocenters. The molecule has 3 N–H and O–H groups in total. The van der Waals surface area contributed by atoms with Crippen molar-refractivity contribution in [2.75, 3.05) is 19.8 Å². The number of carbonyl (C=O) groups is 1. The Bertz CT molecular complexity index is 235. The second-order valence-corrected chi connectivity index (χ2v) is 4.20. The van der Waals surface area contributed by atoms with Crippen LogP contribution in [0.3, 0.4) is 0 Å². The minimum atomic E-state index is -0.750. The zero-order valence-corrected chi connectivity index (χ0v) is 7.58. The van der Waals surface area contributed by atoms with Gasteiger partial charge in [0.15, 0.2) is 0 Å². The fourth-order valence-electron chi connectivity index (χ4n) is 2.58. The van der Waals surface area contributed by atoms with Crippen LogP contribution in [0, 0.1) is 10.8 Å². The van der Waals surface area contributed by atoms with Crippen LogP contribution >= 0.6 is 0 Å².